The Morgan fingerprint density at radius 2 is 1.93 bits per heavy atom. The fraction of sp³-hybridized carbons (Fsp3) is 0.273. The van der Waals surface area contributed by atoms with Crippen molar-refractivity contribution in [2.75, 3.05) is 4.90 Å². The van der Waals surface area contributed by atoms with Crippen molar-refractivity contribution >= 4 is 39.0 Å². The molecule has 2 aliphatic rings. The minimum atomic E-state index is -0.469. The van der Waals surface area contributed by atoms with Crippen LogP contribution in [-0.2, 0) is 9.59 Å². The number of anilines is 1. The molecule has 0 bridgehead atoms. The van der Waals surface area contributed by atoms with Crippen molar-refractivity contribution in [3.05, 3.63) is 79.4 Å². The minimum Gasteiger partial charge on any atom is -0.294 e. The Bertz CT molecular complexity index is 1080. The largest absolute Gasteiger partial charge is 0.294 e. The summed E-state index contributed by atoms with van der Waals surface area (Å²) in [6.07, 6.45) is 1.88. The van der Waals surface area contributed by atoms with E-state index in [2.05, 4.69) is 15.9 Å². The first kappa shape index (κ1) is 19.5. The van der Waals surface area contributed by atoms with Crippen molar-refractivity contribution in [3.63, 3.8) is 0 Å². The number of aryl methyl sites for hydroxylation is 1. The normalized spacial score (nSPS) is 19.4. The molecule has 1 unspecified atom stereocenters. The fourth-order valence-corrected chi connectivity index (χ4v) is 4.65. The molecule has 29 heavy (non-hydrogen) atoms. The minimum absolute atomic E-state index is 0.0526. The third-order valence-electron chi connectivity index (χ3n) is 5.57. The van der Waals surface area contributed by atoms with Crippen LogP contribution in [0.2, 0.25) is 0 Å². The second-order valence-electron chi connectivity index (χ2n) is 7.41. The Morgan fingerprint density at radius 3 is 2.66 bits per heavy atom. The number of halogens is 1. The lowest BCUT2D eigenvalue weighted by molar-refractivity contribution is -0.384. The predicted molar refractivity (Wildman–Crippen MR) is 113 cm³/mol. The van der Waals surface area contributed by atoms with Gasteiger partial charge in [-0.15, -0.1) is 0 Å². The number of ketones is 1. The number of nitro groups is 1. The first-order chi connectivity index (χ1) is 13.9. The predicted octanol–water partition coefficient (Wildman–Crippen LogP) is 5.19. The van der Waals surface area contributed by atoms with Crippen molar-refractivity contribution in [1.82, 2.24) is 0 Å². The van der Waals surface area contributed by atoms with Gasteiger partial charge in [-0.05, 0) is 43.0 Å². The number of allylic oxidation sites excluding steroid dienone is 2. The molecule has 1 amide bonds. The summed E-state index contributed by atoms with van der Waals surface area (Å²) in [6.45, 7) is 1.82. The van der Waals surface area contributed by atoms with Gasteiger partial charge in [0.1, 0.15) is 0 Å². The number of benzene rings is 2. The van der Waals surface area contributed by atoms with Gasteiger partial charge in [0.15, 0.2) is 5.78 Å². The number of nitro benzene ring substituents is 1. The topological polar surface area (TPSA) is 80.5 Å². The number of carbonyl (C=O) groups is 2. The summed E-state index contributed by atoms with van der Waals surface area (Å²) in [4.78, 5) is 38.5. The standard InChI is InChI=1S/C22H19BrN2O4/c1-13-8-9-16(25(28)29)11-19(13)24-18-6-3-7-20(26)22(18)17(12-21(24)27)14-4-2-5-15(23)10-14/h2,4-5,8-11,17H,3,6-7,12H2,1H3. The van der Waals surface area contributed by atoms with Crippen LogP contribution < -0.4 is 4.90 Å². The highest BCUT2D eigenvalue weighted by molar-refractivity contribution is 9.10. The molecule has 0 aromatic heterocycles. The van der Waals surface area contributed by atoms with E-state index in [1.807, 2.05) is 31.2 Å². The second-order valence-corrected chi connectivity index (χ2v) is 8.32. The van der Waals surface area contributed by atoms with Crippen molar-refractivity contribution in [2.45, 2.75) is 38.5 Å². The zero-order valence-electron chi connectivity index (χ0n) is 15.9. The summed E-state index contributed by atoms with van der Waals surface area (Å²) in [6, 6.07) is 12.2. The van der Waals surface area contributed by atoms with E-state index in [9.17, 15) is 19.7 Å². The van der Waals surface area contributed by atoms with E-state index in [0.29, 0.717) is 36.2 Å². The van der Waals surface area contributed by atoms with Crippen LogP contribution in [0.15, 0.2) is 58.2 Å². The first-order valence-electron chi connectivity index (χ1n) is 9.46. The number of non-ortho nitro benzene ring substituents is 1. The van der Waals surface area contributed by atoms with Crippen molar-refractivity contribution in [1.29, 1.82) is 0 Å². The van der Waals surface area contributed by atoms with Crippen LogP contribution >= 0.6 is 15.9 Å². The summed E-state index contributed by atoms with van der Waals surface area (Å²) >= 11 is 3.47. The Labute approximate surface area is 176 Å². The van der Waals surface area contributed by atoms with Gasteiger partial charge < -0.3 is 0 Å². The molecule has 4 rings (SSSR count). The van der Waals surface area contributed by atoms with Crippen LogP contribution in [0.1, 0.15) is 42.7 Å². The lowest BCUT2D eigenvalue weighted by atomic mass is 9.77. The van der Waals surface area contributed by atoms with Crippen LogP contribution in [0.4, 0.5) is 11.4 Å². The molecule has 0 saturated heterocycles. The Balaban J connectivity index is 1.89. The maximum atomic E-state index is 13.3. The number of amides is 1. The third-order valence-corrected chi connectivity index (χ3v) is 6.06. The summed E-state index contributed by atoms with van der Waals surface area (Å²) in [5.41, 5.74) is 3.45. The average Bonchev–Trinajstić information content (AvgIpc) is 2.68. The van der Waals surface area contributed by atoms with Gasteiger partial charge in [0, 0.05) is 46.6 Å². The van der Waals surface area contributed by atoms with Gasteiger partial charge in [0.05, 0.1) is 10.6 Å². The summed E-state index contributed by atoms with van der Waals surface area (Å²) in [5.74, 6) is -0.387. The zero-order valence-corrected chi connectivity index (χ0v) is 17.4. The van der Waals surface area contributed by atoms with E-state index in [4.69, 9.17) is 0 Å². The van der Waals surface area contributed by atoms with Crippen LogP contribution in [0.25, 0.3) is 0 Å². The van der Waals surface area contributed by atoms with E-state index in [0.717, 1.165) is 15.6 Å². The van der Waals surface area contributed by atoms with Crippen LogP contribution in [0.5, 0.6) is 0 Å². The van der Waals surface area contributed by atoms with Gasteiger partial charge in [-0.25, -0.2) is 0 Å². The van der Waals surface area contributed by atoms with E-state index >= 15 is 0 Å². The maximum Gasteiger partial charge on any atom is 0.271 e. The number of hydrogen-bond donors (Lipinski definition) is 0. The molecule has 0 radical (unpaired) electrons. The Morgan fingerprint density at radius 1 is 1.14 bits per heavy atom. The molecule has 1 heterocycles. The molecule has 2 aromatic carbocycles. The zero-order chi connectivity index (χ0) is 20.7. The Kier molecular flexibility index (Phi) is 5.08. The molecule has 1 aliphatic heterocycles. The van der Waals surface area contributed by atoms with E-state index in [-0.39, 0.29) is 29.7 Å². The number of hydrogen-bond acceptors (Lipinski definition) is 4. The highest BCUT2D eigenvalue weighted by Gasteiger charge is 2.40. The van der Waals surface area contributed by atoms with E-state index in [1.165, 1.54) is 12.1 Å². The van der Waals surface area contributed by atoms with Crippen molar-refractivity contribution in [3.8, 4) is 0 Å². The SMILES string of the molecule is Cc1ccc([N+](=O)[O-])cc1N1C(=O)CC(c2cccc(Br)c2)C2=C1CCCC2=O. The summed E-state index contributed by atoms with van der Waals surface area (Å²) in [7, 11) is 0. The third kappa shape index (κ3) is 3.51. The van der Waals surface area contributed by atoms with Crippen molar-refractivity contribution in [2.24, 2.45) is 0 Å². The molecule has 148 valence electrons. The molecular weight excluding hydrogens is 436 g/mol. The van der Waals surface area contributed by atoms with Gasteiger partial charge >= 0.3 is 0 Å². The lowest BCUT2D eigenvalue weighted by Gasteiger charge is -2.38. The molecule has 1 aliphatic carbocycles. The molecular formula is C22H19BrN2O4. The second kappa shape index (κ2) is 7.55. The molecule has 0 spiro atoms. The summed E-state index contributed by atoms with van der Waals surface area (Å²) in [5, 5.41) is 11.3. The average molecular weight is 455 g/mol. The molecule has 6 nitrogen and oxygen atoms in total. The molecule has 2 aromatic rings. The van der Waals surface area contributed by atoms with Crippen LogP contribution in [0.3, 0.4) is 0 Å². The highest BCUT2D eigenvalue weighted by atomic mass is 79.9. The fourth-order valence-electron chi connectivity index (χ4n) is 4.23. The lowest BCUT2D eigenvalue weighted by Crippen LogP contribution is -2.40. The first-order valence-corrected chi connectivity index (χ1v) is 10.3. The van der Waals surface area contributed by atoms with Gasteiger partial charge in [0.2, 0.25) is 5.91 Å². The van der Waals surface area contributed by atoms with Gasteiger partial charge in [-0.1, -0.05) is 34.1 Å². The molecule has 0 N–H and O–H groups in total. The van der Waals surface area contributed by atoms with E-state index in [1.54, 1.807) is 11.0 Å². The molecule has 0 saturated carbocycles. The van der Waals surface area contributed by atoms with E-state index < -0.39 is 4.92 Å². The maximum absolute atomic E-state index is 13.3. The Hall–Kier alpha value is -2.80. The molecule has 0 fully saturated rings. The van der Waals surface area contributed by atoms with Crippen LogP contribution in [0, 0.1) is 17.0 Å². The van der Waals surface area contributed by atoms with Crippen LogP contribution in [-0.4, -0.2) is 16.6 Å². The number of rotatable bonds is 3. The summed E-state index contributed by atoms with van der Waals surface area (Å²) < 4.78 is 0.893. The number of Topliss-reactive ketones (excluding diaryl/α,β-unsaturated/α-hetero) is 1. The van der Waals surface area contributed by atoms with Gasteiger partial charge in [0.25, 0.3) is 5.69 Å². The highest BCUT2D eigenvalue weighted by Crippen LogP contribution is 2.44. The van der Waals surface area contributed by atoms with Gasteiger partial charge in [-0.3, -0.25) is 24.6 Å². The quantitative estimate of drug-likeness (QED) is 0.471. The molecule has 7 heteroatoms. The number of nitrogens with zero attached hydrogens (tertiary/aromatic N) is 2. The van der Waals surface area contributed by atoms with Gasteiger partial charge in [-0.2, -0.15) is 0 Å². The number of carbonyl (C=O) groups excluding carboxylic acids is 2. The smallest absolute Gasteiger partial charge is 0.271 e. The molecule has 1 atom stereocenters. The monoisotopic (exact) mass is 454 g/mol. The van der Waals surface area contributed by atoms with Crippen molar-refractivity contribution < 1.29 is 14.5 Å².